The van der Waals surface area contributed by atoms with Gasteiger partial charge in [-0.15, -0.1) is 11.3 Å². The second-order valence-corrected chi connectivity index (χ2v) is 7.90. The maximum Gasteiger partial charge on any atom is 0.416 e. The van der Waals surface area contributed by atoms with Crippen molar-refractivity contribution in [3.63, 3.8) is 0 Å². The van der Waals surface area contributed by atoms with Gasteiger partial charge in [-0.25, -0.2) is 4.98 Å². The molecule has 0 fully saturated rings. The van der Waals surface area contributed by atoms with E-state index in [4.69, 9.17) is 4.42 Å². The van der Waals surface area contributed by atoms with Crippen LogP contribution in [-0.4, -0.2) is 15.5 Å². The number of nitrogens with one attached hydrogen (secondary N) is 1. The van der Waals surface area contributed by atoms with Gasteiger partial charge in [-0.2, -0.15) is 13.2 Å². The van der Waals surface area contributed by atoms with Crippen LogP contribution < -0.4 is 5.32 Å². The summed E-state index contributed by atoms with van der Waals surface area (Å²) >= 11 is 1.26. The number of hydrogen-bond donors (Lipinski definition) is 1. The summed E-state index contributed by atoms with van der Waals surface area (Å²) in [5, 5.41) is 4.91. The van der Waals surface area contributed by atoms with Gasteiger partial charge in [0.1, 0.15) is 5.76 Å². The summed E-state index contributed by atoms with van der Waals surface area (Å²) in [5.41, 5.74) is 2.66. The highest BCUT2D eigenvalue weighted by molar-refractivity contribution is 7.14. The summed E-state index contributed by atoms with van der Waals surface area (Å²) in [7, 11) is 0. The summed E-state index contributed by atoms with van der Waals surface area (Å²) in [5.74, 6) is 0.207. The predicted octanol–water partition coefficient (Wildman–Crippen LogP) is 6.48. The maximum absolute atomic E-state index is 13.1. The minimum atomic E-state index is -4.42. The Hall–Kier alpha value is -3.59. The number of aromatic nitrogens is 2. The van der Waals surface area contributed by atoms with Crippen LogP contribution in [0.4, 0.5) is 18.3 Å². The van der Waals surface area contributed by atoms with E-state index >= 15 is 0 Å². The molecule has 0 saturated heterocycles. The molecular formula is C23H18F3N3O2S. The van der Waals surface area contributed by atoms with Gasteiger partial charge in [0.2, 0.25) is 5.91 Å². The molecule has 9 heteroatoms. The molecule has 0 atom stereocenters. The van der Waals surface area contributed by atoms with Gasteiger partial charge in [0, 0.05) is 34.1 Å². The maximum atomic E-state index is 13.1. The number of thiazole rings is 1. The van der Waals surface area contributed by atoms with Gasteiger partial charge in [-0.05, 0) is 56.3 Å². The number of halogens is 3. The van der Waals surface area contributed by atoms with Gasteiger partial charge in [0.05, 0.1) is 17.5 Å². The van der Waals surface area contributed by atoms with Crippen LogP contribution in [-0.2, 0) is 11.0 Å². The Kier molecular flexibility index (Phi) is 5.75. The second kappa shape index (κ2) is 8.51. The summed E-state index contributed by atoms with van der Waals surface area (Å²) in [4.78, 5) is 16.6. The quantitative estimate of drug-likeness (QED) is 0.349. The zero-order valence-corrected chi connectivity index (χ0v) is 17.9. The second-order valence-electron chi connectivity index (χ2n) is 7.04. The highest BCUT2D eigenvalue weighted by Gasteiger charge is 2.30. The lowest BCUT2D eigenvalue weighted by Crippen LogP contribution is -2.07. The number of carbonyl (C=O) groups excluding carboxylic acids is 1. The van der Waals surface area contributed by atoms with E-state index in [1.165, 1.54) is 29.7 Å². The molecule has 5 nitrogen and oxygen atoms in total. The largest absolute Gasteiger partial charge is 0.465 e. The van der Waals surface area contributed by atoms with Crippen LogP contribution >= 0.6 is 11.3 Å². The predicted molar refractivity (Wildman–Crippen MR) is 118 cm³/mol. The van der Waals surface area contributed by atoms with Gasteiger partial charge in [-0.3, -0.25) is 10.1 Å². The standard InChI is InChI=1S/C23H18F3N3O2S/c1-14-11-19(15(2)29(14)17-6-3-5-16(12-17)23(24,25)26)20-13-32-22(27-20)28-21(30)9-8-18-7-4-10-31-18/h3-13H,1-2H3,(H,27,28,30). The lowest BCUT2D eigenvalue weighted by Gasteiger charge is -2.13. The Balaban J connectivity index is 1.57. The number of nitrogens with zero attached hydrogens (tertiary/aromatic N) is 2. The van der Waals surface area contributed by atoms with Crippen molar-refractivity contribution in [2.45, 2.75) is 20.0 Å². The van der Waals surface area contributed by atoms with Crippen LogP contribution in [0.5, 0.6) is 0 Å². The molecule has 4 rings (SSSR count). The molecule has 0 radical (unpaired) electrons. The van der Waals surface area contributed by atoms with Crippen LogP contribution in [0.2, 0.25) is 0 Å². The summed E-state index contributed by atoms with van der Waals surface area (Å²) in [6, 6.07) is 10.5. The van der Waals surface area contributed by atoms with Crippen molar-refractivity contribution < 1.29 is 22.4 Å². The van der Waals surface area contributed by atoms with E-state index in [1.807, 2.05) is 19.9 Å². The zero-order valence-electron chi connectivity index (χ0n) is 17.1. The monoisotopic (exact) mass is 457 g/mol. The fourth-order valence-electron chi connectivity index (χ4n) is 3.39. The summed E-state index contributed by atoms with van der Waals surface area (Å²) in [6.45, 7) is 3.65. The normalized spacial score (nSPS) is 11.9. The Labute approximate surface area is 185 Å². The van der Waals surface area contributed by atoms with E-state index in [9.17, 15) is 18.0 Å². The molecule has 4 aromatic rings. The molecule has 3 aromatic heterocycles. The van der Waals surface area contributed by atoms with Crippen molar-refractivity contribution in [3.05, 3.63) is 82.9 Å². The first-order valence-corrected chi connectivity index (χ1v) is 10.5. The number of amides is 1. The average Bonchev–Trinajstić information content (AvgIpc) is 3.47. The van der Waals surface area contributed by atoms with E-state index < -0.39 is 11.7 Å². The lowest BCUT2D eigenvalue weighted by molar-refractivity contribution is -0.137. The molecule has 1 aromatic carbocycles. The van der Waals surface area contributed by atoms with Crippen LogP contribution in [0.25, 0.3) is 23.0 Å². The van der Waals surface area contributed by atoms with Crippen molar-refractivity contribution >= 4 is 28.5 Å². The van der Waals surface area contributed by atoms with Crippen molar-refractivity contribution in [2.24, 2.45) is 0 Å². The molecule has 0 aliphatic rings. The highest BCUT2D eigenvalue weighted by atomic mass is 32.1. The van der Waals surface area contributed by atoms with Crippen molar-refractivity contribution in [1.29, 1.82) is 0 Å². The molecule has 0 bridgehead atoms. The first-order valence-electron chi connectivity index (χ1n) is 9.57. The summed E-state index contributed by atoms with van der Waals surface area (Å²) in [6.07, 6.45) is -0.00628. The van der Waals surface area contributed by atoms with Crippen molar-refractivity contribution in [2.75, 3.05) is 5.32 Å². The topological polar surface area (TPSA) is 60.1 Å². The van der Waals surface area contributed by atoms with Crippen LogP contribution in [0.15, 0.2) is 64.6 Å². The third-order valence-electron chi connectivity index (χ3n) is 4.82. The number of anilines is 1. The highest BCUT2D eigenvalue weighted by Crippen LogP contribution is 2.34. The van der Waals surface area contributed by atoms with Crippen LogP contribution in [0.1, 0.15) is 22.7 Å². The van der Waals surface area contributed by atoms with E-state index in [-0.39, 0.29) is 5.91 Å². The molecule has 0 spiro atoms. The summed E-state index contributed by atoms with van der Waals surface area (Å²) < 4.78 is 46.3. The number of rotatable bonds is 5. The molecule has 0 saturated carbocycles. The molecule has 1 N–H and O–H groups in total. The van der Waals surface area contributed by atoms with Crippen molar-refractivity contribution in [1.82, 2.24) is 9.55 Å². The fourth-order valence-corrected chi connectivity index (χ4v) is 4.10. The Bertz CT molecular complexity index is 1280. The third-order valence-corrected chi connectivity index (χ3v) is 5.57. The lowest BCUT2D eigenvalue weighted by atomic mass is 10.2. The SMILES string of the molecule is Cc1cc(-c2csc(NC(=O)C=Cc3ccco3)n2)c(C)n1-c1cccc(C(F)(F)F)c1. The third kappa shape index (κ3) is 4.52. The van der Waals surface area contributed by atoms with Gasteiger partial charge in [-0.1, -0.05) is 6.07 Å². The molecule has 32 heavy (non-hydrogen) atoms. The number of furan rings is 1. The zero-order chi connectivity index (χ0) is 22.9. The van der Waals surface area contributed by atoms with Gasteiger partial charge in [0.15, 0.2) is 5.13 Å². The molecule has 3 heterocycles. The van der Waals surface area contributed by atoms with E-state index in [1.54, 1.807) is 34.2 Å². The van der Waals surface area contributed by atoms with Crippen molar-refractivity contribution in [3.8, 4) is 16.9 Å². The number of benzene rings is 1. The number of alkyl halides is 3. The smallest absolute Gasteiger partial charge is 0.416 e. The van der Waals surface area contributed by atoms with Gasteiger partial charge < -0.3 is 8.98 Å². The Morgan fingerprint density at radius 2 is 2.00 bits per heavy atom. The van der Waals surface area contributed by atoms with E-state index in [0.717, 1.165) is 29.1 Å². The fraction of sp³-hybridized carbons (Fsp3) is 0.130. The number of carbonyl (C=O) groups is 1. The van der Waals surface area contributed by atoms with Gasteiger partial charge >= 0.3 is 6.18 Å². The average molecular weight is 457 g/mol. The minimum Gasteiger partial charge on any atom is -0.465 e. The first-order chi connectivity index (χ1) is 15.2. The molecule has 0 aliphatic carbocycles. The Morgan fingerprint density at radius 3 is 2.72 bits per heavy atom. The van der Waals surface area contributed by atoms with E-state index in [0.29, 0.717) is 22.3 Å². The molecule has 1 amide bonds. The molecule has 0 unspecified atom stereocenters. The minimum absolute atomic E-state index is 0.350. The van der Waals surface area contributed by atoms with E-state index in [2.05, 4.69) is 10.3 Å². The number of hydrogen-bond acceptors (Lipinski definition) is 4. The number of aryl methyl sites for hydroxylation is 1. The van der Waals surface area contributed by atoms with Gasteiger partial charge in [0.25, 0.3) is 0 Å². The van der Waals surface area contributed by atoms with Crippen LogP contribution in [0, 0.1) is 13.8 Å². The molecule has 164 valence electrons. The first kappa shape index (κ1) is 21.6. The molecular weight excluding hydrogens is 439 g/mol. The Morgan fingerprint density at radius 1 is 1.19 bits per heavy atom. The molecule has 0 aliphatic heterocycles. The van der Waals surface area contributed by atoms with Crippen LogP contribution in [0.3, 0.4) is 0 Å².